The molecular weight excluding hydrogens is 280 g/mol. The molecule has 0 heterocycles. The average molecular weight is 311 g/mol. The first kappa shape index (κ1) is 19.4. The predicted octanol–water partition coefficient (Wildman–Crippen LogP) is 4.61. The quantitative estimate of drug-likeness (QED) is 0.266. The summed E-state index contributed by atoms with van der Waals surface area (Å²) in [6, 6.07) is 0.914. The molecule has 0 saturated carbocycles. The van der Waals surface area contributed by atoms with Gasteiger partial charge in [0, 0.05) is 25.1 Å². The summed E-state index contributed by atoms with van der Waals surface area (Å²) in [6.45, 7) is 8.03. The van der Waals surface area contributed by atoms with Crippen molar-refractivity contribution >= 4 is 20.4 Å². The molecule has 3 nitrogen and oxygen atoms in total. The summed E-state index contributed by atoms with van der Waals surface area (Å²) in [5.41, 5.74) is 0. The lowest BCUT2D eigenvalue weighted by Gasteiger charge is -2.28. The van der Waals surface area contributed by atoms with E-state index in [1.54, 1.807) is 0 Å². The summed E-state index contributed by atoms with van der Waals surface area (Å²) in [5.74, 6) is 0.491. The predicted molar refractivity (Wildman–Crippen MR) is 83.9 cm³/mol. The van der Waals surface area contributed by atoms with Crippen LogP contribution in [0, 0.1) is 0 Å². The first-order valence-corrected chi connectivity index (χ1v) is 10.2. The van der Waals surface area contributed by atoms with Crippen molar-refractivity contribution in [2.24, 2.45) is 0 Å². The van der Waals surface area contributed by atoms with E-state index in [4.69, 9.17) is 24.9 Å². The molecule has 0 aromatic carbocycles. The summed E-state index contributed by atoms with van der Waals surface area (Å²) in [5, 5.41) is 0. The van der Waals surface area contributed by atoms with Gasteiger partial charge in [0.25, 0.3) is 0 Å². The minimum absolute atomic E-state index is 0.491. The minimum atomic E-state index is -2.47. The Morgan fingerprint density at radius 2 is 1.37 bits per heavy atom. The third kappa shape index (κ3) is 9.85. The fourth-order valence-corrected chi connectivity index (χ4v) is 4.96. The fourth-order valence-electron chi connectivity index (χ4n) is 2.10. The second kappa shape index (κ2) is 13.4. The fraction of sp³-hybridized carbons (Fsp3) is 1.00. The van der Waals surface area contributed by atoms with Crippen molar-refractivity contribution in [2.45, 2.75) is 65.3 Å². The Bertz CT molecular complexity index is 188. The van der Waals surface area contributed by atoms with Gasteiger partial charge in [0.2, 0.25) is 0 Å². The normalized spacial score (nSPS) is 12.0. The van der Waals surface area contributed by atoms with E-state index in [1.807, 2.05) is 13.8 Å². The Morgan fingerprint density at radius 1 is 0.789 bits per heavy atom. The lowest BCUT2D eigenvalue weighted by molar-refractivity contribution is 0.0712. The van der Waals surface area contributed by atoms with Gasteiger partial charge in [0.05, 0.1) is 6.61 Å². The van der Waals surface area contributed by atoms with Crippen molar-refractivity contribution in [1.29, 1.82) is 0 Å². The first-order valence-electron chi connectivity index (χ1n) is 7.72. The highest BCUT2D eigenvalue weighted by Crippen LogP contribution is 2.20. The Morgan fingerprint density at radius 3 is 1.89 bits per heavy atom. The van der Waals surface area contributed by atoms with Crippen molar-refractivity contribution in [3.8, 4) is 0 Å². The van der Waals surface area contributed by atoms with Crippen LogP contribution >= 0.6 is 11.6 Å². The van der Waals surface area contributed by atoms with Crippen LogP contribution in [0.2, 0.25) is 6.04 Å². The van der Waals surface area contributed by atoms with Crippen LogP contribution in [0.3, 0.4) is 0 Å². The summed E-state index contributed by atoms with van der Waals surface area (Å²) in [7, 11) is -2.47. The van der Waals surface area contributed by atoms with E-state index in [0.717, 1.165) is 12.5 Å². The maximum absolute atomic E-state index is 5.85. The zero-order chi connectivity index (χ0) is 14.4. The molecule has 19 heavy (non-hydrogen) atoms. The van der Waals surface area contributed by atoms with Gasteiger partial charge in [-0.15, -0.1) is 11.6 Å². The zero-order valence-electron chi connectivity index (χ0n) is 12.9. The molecule has 0 bridgehead atoms. The number of hydrogen-bond acceptors (Lipinski definition) is 3. The minimum Gasteiger partial charge on any atom is -0.374 e. The van der Waals surface area contributed by atoms with Crippen LogP contribution in [0.15, 0.2) is 0 Å². The van der Waals surface area contributed by atoms with E-state index in [0.29, 0.717) is 25.7 Å². The van der Waals surface area contributed by atoms with Crippen LogP contribution < -0.4 is 0 Å². The average Bonchev–Trinajstić information content (AvgIpc) is 2.41. The smallest absolute Gasteiger partial charge is 0.374 e. The van der Waals surface area contributed by atoms with Gasteiger partial charge in [-0.1, -0.05) is 39.0 Å². The van der Waals surface area contributed by atoms with Crippen molar-refractivity contribution in [2.75, 3.05) is 25.7 Å². The van der Waals surface area contributed by atoms with E-state index in [9.17, 15) is 0 Å². The standard InChI is InChI=1S/C14H31ClO3Si/c1-4-7-8-9-10-11-14-19(16-5-2,17-6-3)18-13-12-15/h4-14H2,1-3H3. The number of rotatable bonds is 14. The molecule has 0 fully saturated rings. The molecule has 0 amide bonds. The topological polar surface area (TPSA) is 27.7 Å². The van der Waals surface area contributed by atoms with Crippen LogP contribution in [0.5, 0.6) is 0 Å². The second-order valence-electron chi connectivity index (χ2n) is 4.60. The second-order valence-corrected chi connectivity index (χ2v) is 7.71. The highest BCUT2D eigenvalue weighted by molar-refractivity contribution is 6.60. The molecule has 0 radical (unpaired) electrons. The lowest BCUT2D eigenvalue weighted by atomic mass is 10.1. The monoisotopic (exact) mass is 310 g/mol. The highest BCUT2D eigenvalue weighted by Gasteiger charge is 2.39. The molecule has 0 spiro atoms. The van der Waals surface area contributed by atoms with Gasteiger partial charge in [0.1, 0.15) is 0 Å². The van der Waals surface area contributed by atoms with Crippen LogP contribution in [-0.4, -0.2) is 34.5 Å². The third-order valence-electron chi connectivity index (χ3n) is 2.96. The number of halogens is 1. The molecule has 0 rings (SSSR count). The Kier molecular flexibility index (Phi) is 13.6. The summed E-state index contributed by atoms with van der Waals surface area (Å²) in [6.07, 6.45) is 7.61. The molecule has 0 unspecified atom stereocenters. The van der Waals surface area contributed by atoms with Gasteiger partial charge in [-0.2, -0.15) is 0 Å². The van der Waals surface area contributed by atoms with E-state index in [2.05, 4.69) is 6.92 Å². The van der Waals surface area contributed by atoms with Gasteiger partial charge in [-0.25, -0.2) is 0 Å². The summed E-state index contributed by atoms with van der Waals surface area (Å²) < 4.78 is 17.5. The largest absolute Gasteiger partial charge is 0.500 e. The van der Waals surface area contributed by atoms with E-state index in [1.165, 1.54) is 32.1 Å². The van der Waals surface area contributed by atoms with Gasteiger partial charge in [0.15, 0.2) is 0 Å². The van der Waals surface area contributed by atoms with E-state index in [-0.39, 0.29) is 0 Å². The van der Waals surface area contributed by atoms with Crippen molar-refractivity contribution in [3.05, 3.63) is 0 Å². The molecule has 0 aliphatic heterocycles. The highest BCUT2D eigenvalue weighted by atomic mass is 35.5. The van der Waals surface area contributed by atoms with Crippen molar-refractivity contribution < 1.29 is 13.3 Å². The zero-order valence-corrected chi connectivity index (χ0v) is 14.6. The third-order valence-corrected chi connectivity index (χ3v) is 6.19. The molecular formula is C14H31ClO3Si. The molecule has 0 saturated heterocycles. The molecule has 116 valence electrons. The summed E-state index contributed by atoms with van der Waals surface area (Å²) in [4.78, 5) is 0. The van der Waals surface area contributed by atoms with Gasteiger partial charge >= 0.3 is 8.80 Å². The number of unbranched alkanes of at least 4 members (excludes halogenated alkanes) is 5. The van der Waals surface area contributed by atoms with Gasteiger partial charge in [-0.05, 0) is 20.3 Å². The molecule has 0 aromatic heterocycles. The Labute approximate surface area is 125 Å². The Balaban J connectivity index is 4.06. The van der Waals surface area contributed by atoms with Crippen LogP contribution in [0.1, 0.15) is 59.3 Å². The van der Waals surface area contributed by atoms with Gasteiger partial charge < -0.3 is 13.3 Å². The van der Waals surface area contributed by atoms with E-state index >= 15 is 0 Å². The van der Waals surface area contributed by atoms with Crippen molar-refractivity contribution in [1.82, 2.24) is 0 Å². The molecule has 0 N–H and O–H groups in total. The molecule has 5 heteroatoms. The molecule has 0 aliphatic carbocycles. The van der Waals surface area contributed by atoms with Gasteiger partial charge in [-0.3, -0.25) is 0 Å². The SMILES string of the molecule is CCCCCCCC[Si](OCC)(OCC)OCCCl. The number of alkyl halides is 1. The molecule has 0 aliphatic rings. The van der Waals surface area contributed by atoms with Crippen LogP contribution in [-0.2, 0) is 13.3 Å². The van der Waals surface area contributed by atoms with Crippen LogP contribution in [0.25, 0.3) is 0 Å². The van der Waals surface area contributed by atoms with E-state index < -0.39 is 8.80 Å². The molecule has 0 aromatic rings. The van der Waals surface area contributed by atoms with Crippen molar-refractivity contribution in [3.63, 3.8) is 0 Å². The maximum atomic E-state index is 5.85. The maximum Gasteiger partial charge on any atom is 0.500 e. The molecule has 0 atom stereocenters. The first-order chi connectivity index (χ1) is 9.24. The summed E-state index contributed by atoms with van der Waals surface area (Å²) >= 11 is 5.71. The number of hydrogen-bond donors (Lipinski definition) is 0. The lowest BCUT2D eigenvalue weighted by Crippen LogP contribution is -2.46. The Hall–Kier alpha value is 0.387. The van der Waals surface area contributed by atoms with Crippen LogP contribution in [0.4, 0.5) is 0 Å².